The summed E-state index contributed by atoms with van der Waals surface area (Å²) in [5, 5.41) is 3.08. The molecule has 0 heterocycles. The fourth-order valence-corrected chi connectivity index (χ4v) is 2.74. The van der Waals surface area contributed by atoms with Gasteiger partial charge in [0, 0.05) is 11.6 Å². The predicted molar refractivity (Wildman–Crippen MR) is 87.2 cm³/mol. The summed E-state index contributed by atoms with van der Waals surface area (Å²) in [6.07, 6.45) is 3.04. The largest absolute Gasteiger partial charge is 0.435 e. The summed E-state index contributed by atoms with van der Waals surface area (Å²) < 4.78 is 28.6. The van der Waals surface area contributed by atoms with Gasteiger partial charge in [0.2, 0.25) is 0 Å². The van der Waals surface area contributed by atoms with Crippen LogP contribution in [0.15, 0.2) is 54.6 Å². The number of rotatable bonds is 7. The van der Waals surface area contributed by atoms with E-state index in [0.29, 0.717) is 11.5 Å². The second-order valence-electron chi connectivity index (χ2n) is 6.01. The Morgan fingerprint density at radius 1 is 1.08 bits per heavy atom. The summed E-state index contributed by atoms with van der Waals surface area (Å²) in [6, 6.07) is 15.9. The molecule has 0 saturated heterocycles. The van der Waals surface area contributed by atoms with Crippen molar-refractivity contribution in [1.82, 2.24) is 5.32 Å². The van der Waals surface area contributed by atoms with Crippen molar-refractivity contribution in [2.45, 2.75) is 31.9 Å². The first-order valence-electron chi connectivity index (χ1n) is 8.01. The second kappa shape index (κ2) is 7.43. The van der Waals surface area contributed by atoms with E-state index in [0.717, 1.165) is 19.3 Å². The third kappa shape index (κ3) is 4.54. The fraction of sp³-hybridized carbons (Fsp3) is 0.316. The zero-order chi connectivity index (χ0) is 16.9. The Labute approximate surface area is 139 Å². The van der Waals surface area contributed by atoms with E-state index in [2.05, 4.69) is 22.2 Å². The Kier molecular flexibility index (Phi) is 5.08. The van der Waals surface area contributed by atoms with Crippen molar-refractivity contribution >= 4 is 5.91 Å². The quantitative estimate of drug-likeness (QED) is 0.831. The number of nitrogens with one attached hydrogen (secondary N) is 1. The van der Waals surface area contributed by atoms with Gasteiger partial charge in [-0.1, -0.05) is 30.3 Å². The van der Waals surface area contributed by atoms with Crippen molar-refractivity contribution in [3.05, 3.63) is 65.7 Å². The van der Waals surface area contributed by atoms with Crippen molar-refractivity contribution in [1.29, 1.82) is 0 Å². The number of hydrogen-bond acceptors (Lipinski definition) is 2. The van der Waals surface area contributed by atoms with Gasteiger partial charge >= 0.3 is 6.61 Å². The highest BCUT2D eigenvalue weighted by molar-refractivity contribution is 5.94. The Balaban J connectivity index is 1.63. The molecular weight excluding hydrogens is 312 g/mol. The van der Waals surface area contributed by atoms with E-state index in [1.165, 1.54) is 29.8 Å². The van der Waals surface area contributed by atoms with E-state index in [-0.39, 0.29) is 17.7 Å². The molecule has 1 aliphatic carbocycles. The summed E-state index contributed by atoms with van der Waals surface area (Å²) in [7, 11) is 0. The molecule has 0 aromatic heterocycles. The highest BCUT2D eigenvalue weighted by Crippen LogP contribution is 2.34. The third-order valence-electron chi connectivity index (χ3n) is 4.15. The van der Waals surface area contributed by atoms with Gasteiger partial charge in [-0.25, -0.2) is 0 Å². The lowest BCUT2D eigenvalue weighted by atomic mass is 10.0. The molecule has 24 heavy (non-hydrogen) atoms. The van der Waals surface area contributed by atoms with Crippen molar-refractivity contribution < 1.29 is 18.3 Å². The Morgan fingerprint density at radius 3 is 2.33 bits per heavy atom. The molecule has 126 valence electrons. The van der Waals surface area contributed by atoms with Crippen molar-refractivity contribution in [2.75, 3.05) is 0 Å². The minimum Gasteiger partial charge on any atom is -0.435 e. The molecule has 3 nitrogen and oxygen atoms in total. The maximum Gasteiger partial charge on any atom is 0.387 e. The Morgan fingerprint density at radius 2 is 1.75 bits per heavy atom. The summed E-state index contributed by atoms with van der Waals surface area (Å²) in [6.45, 7) is -2.87. The van der Waals surface area contributed by atoms with Gasteiger partial charge in [-0.2, -0.15) is 8.78 Å². The Hall–Kier alpha value is -2.43. The number of carbonyl (C=O) groups excluding carboxylic acids is 1. The first-order chi connectivity index (χ1) is 11.6. The van der Waals surface area contributed by atoms with E-state index in [4.69, 9.17) is 0 Å². The molecule has 1 fully saturated rings. The van der Waals surface area contributed by atoms with Crippen LogP contribution >= 0.6 is 0 Å². The van der Waals surface area contributed by atoms with E-state index < -0.39 is 6.61 Å². The van der Waals surface area contributed by atoms with E-state index in [1.54, 1.807) is 0 Å². The molecule has 0 spiro atoms. The Bertz CT molecular complexity index is 670. The standard InChI is InChI=1S/C19H19F2NO2/c20-19(21)24-16-10-8-15(9-11-16)18(23)22-17(14-6-7-14)12-13-4-2-1-3-5-13/h1-5,8-11,14,17,19H,6-7,12H2,(H,22,23). The van der Waals surface area contributed by atoms with E-state index in [1.807, 2.05) is 18.2 Å². The highest BCUT2D eigenvalue weighted by atomic mass is 19.3. The minimum atomic E-state index is -2.87. The number of benzene rings is 2. The molecule has 0 bridgehead atoms. The monoisotopic (exact) mass is 331 g/mol. The molecule has 1 saturated carbocycles. The van der Waals surface area contributed by atoms with Gasteiger partial charge in [-0.15, -0.1) is 0 Å². The van der Waals surface area contributed by atoms with Crippen molar-refractivity contribution in [3.63, 3.8) is 0 Å². The average Bonchev–Trinajstić information content (AvgIpc) is 3.40. The maximum absolute atomic E-state index is 12.4. The lowest BCUT2D eigenvalue weighted by Gasteiger charge is -2.18. The first-order valence-corrected chi connectivity index (χ1v) is 8.01. The molecule has 1 N–H and O–H groups in total. The van der Waals surface area contributed by atoms with Crippen LogP contribution < -0.4 is 10.1 Å². The van der Waals surface area contributed by atoms with Crippen LogP contribution in [0.1, 0.15) is 28.8 Å². The van der Waals surface area contributed by atoms with E-state index in [9.17, 15) is 13.6 Å². The maximum atomic E-state index is 12.4. The molecule has 2 aromatic carbocycles. The molecule has 2 aromatic rings. The average molecular weight is 331 g/mol. The van der Waals surface area contributed by atoms with Gasteiger partial charge in [-0.05, 0) is 55.0 Å². The third-order valence-corrected chi connectivity index (χ3v) is 4.15. The molecule has 1 amide bonds. The lowest BCUT2D eigenvalue weighted by molar-refractivity contribution is -0.0498. The smallest absolute Gasteiger partial charge is 0.387 e. The lowest BCUT2D eigenvalue weighted by Crippen LogP contribution is -2.38. The van der Waals surface area contributed by atoms with Crippen LogP contribution in [0.5, 0.6) is 5.75 Å². The number of hydrogen-bond donors (Lipinski definition) is 1. The number of amides is 1. The number of halogens is 2. The minimum absolute atomic E-state index is 0.0459. The summed E-state index contributed by atoms with van der Waals surface area (Å²) in [4.78, 5) is 12.4. The van der Waals surface area contributed by atoms with Crippen LogP contribution in [-0.2, 0) is 6.42 Å². The molecule has 3 rings (SSSR count). The normalized spacial score (nSPS) is 15.1. The van der Waals surface area contributed by atoms with Gasteiger partial charge in [-0.3, -0.25) is 4.79 Å². The molecule has 1 atom stereocenters. The molecule has 1 unspecified atom stereocenters. The fourth-order valence-electron chi connectivity index (χ4n) is 2.74. The molecule has 0 radical (unpaired) electrons. The molecule has 0 aliphatic heterocycles. The van der Waals surface area contributed by atoms with Gasteiger partial charge in [0.1, 0.15) is 5.75 Å². The number of carbonyl (C=O) groups is 1. The van der Waals surface area contributed by atoms with Crippen LogP contribution in [0.3, 0.4) is 0 Å². The molecular formula is C19H19F2NO2. The first kappa shape index (κ1) is 16.4. The van der Waals surface area contributed by atoms with Crippen LogP contribution in [0.2, 0.25) is 0 Å². The molecule has 5 heteroatoms. The van der Waals surface area contributed by atoms with Crippen LogP contribution in [0.4, 0.5) is 8.78 Å². The zero-order valence-electron chi connectivity index (χ0n) is 13.1. The van der Waals surface area contributed by atoms with Gasteiger partial charge in [0.25, 0.3) is 5.91 Å². The predicted octanol–water partition coefficient (Wildman–Crippen LogP) is 4.04. The van der Waals surface area contributed by atoms with Gasteiger partial charge in [0.15, 0.2) is 0 Å². The number of ether oxygens (including phenoxy) is 1. The SMILES string of the molecule is O=C(NC(Cc1ccccc1)C1CC1)c1ccc(OC(F)F)cc1. The highest BCUT2D eigenvalue weighted by Gasteiger charge is 2.32. The topological polar surface area (TPSA) is 38.3 Å². The summed E-state index contributed by atoms with van der Waals surface area (Å²) in [5.74, 6) is 0.367. The summed E-state index contributed by atoms with van der Waals surface area (Å²) >= 11 is 0. The summed E-state index contributed by atoms with van der Waals surface area (Å²) in [5.41, 5.74) is 1.63. The van der Waals surface area contributed by atoms with Gasteiger partial charge in [0.05, 0.1) is 0 Å². The van der Waals surface area contributed by atoms with E-state index >= 15 is 0 Å². The van der Waals surface area contributed by atoms with Crippen molar-refractivity contribution in [2.24, 2.45) is 5.92 Å². The second-order valence-corrected chi connectivity index (χ2v) is 6.01. The number of alkyl halides is 2. The van der Waals surface area contributed by atoms with Crippen molar-refractivity contribution in [3.8, 4) is 5.75 Å². The van der Waals surface area contributed by atoms with Crippen LogP contribution in [0.25, 0.3) is 0 Å². The zero-order valence-corrected chi connectivity index (χ0v) is 13.1. The van der Waals surface area contributed by atoms with Crippen LogP contribution in [-0.4, -0.2) is 18.6 Å². The van der Waals surface area contributed by atoms with Gasteiger partial charge < -0.3 is 10.1 Å². The molecule has 1 aliphatic rings. The van der Waals surface area contributed by atoms with Crippen LogP contribution in [0, 0.1) is 5.92 Å².